The number of aromatic amines is 1. The molecule has 1 aliphatic carbocycles. The van der Waals surface area contributed by atoms with E-state index >= 15 is 0 Å². The van der Waals surface area contributed by atoms with Crippen LogP contribution in [0.2, 0.25) is 0 Å². The van der Waals surface area contributed by atoms with Crippen LogP contribution in [-0.2, 0) is 11.8 Å². The number of benzene rings is 1. The lowest BCUT2D eigenvalue weighted by atomic mass is 9.75. The summed E-state index contributed by atoms with van der Waals surface area (Å²) in [6.45, 7) is 1.94. The van der Waals surface area contributed by atoms with E-state index in [-0.39, 0.29) is 23.3 Å². The van der Waals surface area contributed by atoms with Gasteiger partial charge in [-0.15, -0.1) is 0 Å². The normalized spacial score (nSPS) is 18.4. The number of rotatable bonds is 5. The van der Waals surface area contributed by atoms with E-state index in [1.54, 1.807) is 25.4 Å². The van der Waals surface area contributed by atoms with Gasteiger partial charge in [-0.2, -0.15) is 15.5 Å². The van der Waals surface area contributed by atoms with E-state index in [4.69, 9.17) is 0 Å². The molecule has 31 heavy (non-hydrogen) atoms. The van der Waals surface area contributed by atoms with Gasteiger partial charge in [0.25, 0.3) is 0 Å². The van der Waals surface area contributed by atoms with Gasteiger partial charge in [0, 0.05) is 41.9 Å². The van der Waals surface area contributed by atoms with Crippen molar-refractivity contribution in [2.75, 3.05) is 5.32 Å². The lowest BCUT2D eigenvalue weighted by molar-refractivity contribution is -0.122. The maximum absolute atomic E-state index is 13.3. The molecule has 1 aromatic carbocycles. The molecular formula is C23H24N6O2. The zero-order valence-electron chi connectivity index (χ0n) is 17.6. The summed E-state index contributed by atoms with van der Waals surface area (Å²) in [4.78, 5) is 26.3. The first-order valence-electron chi connectivity index (χ1n) is 10.4. The van der Waals surface area contributed by atoms with Crippen LogP contribution in [0.25, 0.3) is 11.3 Å². The molecule has 1 aliphatic rings. The Kier molecular flexibility index (Phi) is 5.67. The summed E-state index contributed by atoms with van der Waals surface area (Å²) in [5.74, 6) is -1.06. The SMILES string of the molecule is Cc1cc(-c2ccc(C(=O)[C@H]3CCCC[C@H]3C(=O)Nc3cn(C)nc3C#N)cc2)n[nH]1. The molecule has 8 nitrogen and oxygen atoms in total. The Bertz CT molecular complexity index is 1150. The number of carbonyl (C=O) groups is 2. The Morgan fingerprint density at radius 2 is 1.90 bits per heavy atom. The van der Waals surface area contributed by atoms with Gasteiger partial charge in [0.05, 0.1) is 11.4 Å². The Morgan fingerprint density at radius 1 is 1.19 bits per heavy atom. The average Bonchev–Trinajstić information content (AvgIpc) is 3.38. The van der Waals surface area contributed by atoms with E-state index in [1.807, 2.05) is 31.2 Å². The van der Waals surface area contributed by atoms with Gasteiger partial charge in [-0.1, -0.05) is 37.1 Å². The van der Waals surface area contributed by atoms with Crippen molar-refractivity contribution in [1.29, 1.82) is 5.26 Å². The van der Waals surface area contributed by atoms with E-state index < -0.39 is 5.92 Å². The van der Waals surface area contributed by atoms with Crippen LogP contribution in [0.4, 0.5) is 5.69 Å². The van der Waals surface area contributed by atoms with Crippen molar-refractivity contribution in [2.45, 2.75) is 32.6 Å². The van der Waals surface area contributed by atoms with E-state index in [9.17, 15) is 14.9 Å². The van der Waals surface area contributed by atoms with E-state index in [0.29, 0.717) is 24.1 Å². The Morgan fingerprint density at radius 3 is 2.55 bits per heavy atom. The summed E-state index contributed by atoms with van der Waals surface area (Å²) in [7, 11) is 1.69. The molecule has 1 saturated carbocycles. The predicted octanol–water partition coefficient (Wildman–Crippen LogP) is 3.62. The fourth-order valence-corrected chi connectivity index (χ4v) is 4.23. The zero-order chi connectivity index (χ0) is 22.0. The molecule has 2 N–H and O–H groups in total. The molecule has 8 heteroatoms. The number of anilines is 1. The number of nitrogens with zero attached hydrogens (tertiary/aromatic N) is 4. The van der Waals surface area contributed by atoms with E-state index in [0.717, 1.165) is 29.8 Å². The minimum Gasteiger partial charge on any atom is -0.322 e. The first-order valence-corrected chi connectivity index (χ1v) is 10.4. The molecular weight excluding hydrogens is 392 g/mol. The molecule has 0 bridgehead atoms. The van der Waals surface area contributed by atoms with Gasteiger partial charge in [0.1, 0.15) is 6.07 Å². The molecule has 2 atom stereocenters. The molecule has 4 rings (SSSR count). The number of nitriles is 1. The van der Waals surface area contributed by atoms with E-state index in [1.165, 1.54) is 4.68 Å². The predicted molar refractivity (Wildman–Crippen MR) is 115 cm³/mol. The molecule has 2 aromatic heterocycles. The molecule has 0 spiro atoms. The summed E-state index contributed by atoms with van der Waals surface area (Å²) in [6, 6.07) is 11.3. The molecule has 0 saturated heterocycles. The third-order valence-electron chi connectivity index (χ3n) is 5.80. The summed E-state index contributed by atoms with van der Waals surface area (Å²) >= 11 is 0. The molecule has 1 amide bonds. The van der Waals surface area contributed by atoms with Crippen molar-refractivity contribution in [2.24, 2.45) is 18.9 Å². The fraction of sp³-hybridized carbons (Fsp3) is 0.348. The number of Topliss-reactive ketones (excluding diaryl/α,β-unsaturated/α-hetero) is 1. The number of hydrogen-bond acceptors (Lipinski definition) is 5. The molecule has 0 radical (unpaired) electrons. The standard InChI is InChI=1S/C23H24N6O2/c1-14-11-19(27-26-14)15-7-9-16(10-8-15)22(30)17-5-3-4-6-18(17)23(31)25-21-13-29(2)28-20(21)12-24/h7-11,13,17-18H,3-6H2,1-2H3,(H,25,31)(H,26,27)/t17-,18+/m0/s1. The topological polar surface area (TPSA) is 116 Å². The highest BCUT2D eigenvalue weighted by Gasteiger charge is 2.36. The van der Waals surface area contributed by atoms with Gasteiger partial charge in [-0.3, -0.25) is 19.4 Å². The molecule has 0 unspecified atom stereocenters. The third-order valence-corrected chi connectivity index (χ3v) is 5.80. The lowest BCUT2D eigenvalue weighted by Gasteiger charge is -2.29. The van der Waals surface area contributed by atoms with Crippen LogP contribution >= 0.6 is 0 Å². The van der Waals surface area contributed by atoms with Crippen LogP contribution in [0.3, 0.4) is 0 Å². The summed E-state index contributed by atoms with van der Waals surface area (Å²) in [5.41, 5.74) is 3.87. The lowest BCUT2D eigenvalue weighted by Crippen LogP contribution is -2.36. The maximum Gasteiger partial charge on any atom is 0.228 e. The van der Waals surface area contributed by atoms with Crippen LogP contribution in [0, 0.1) is 30.1 Å². The first kappa shape index (κ1) is 20.5. The van der Waals surface area contributed by atoms with Crippen LogP contribution < -0.4 is 5.32 Å². The number of aromatic nitrogens is 4. The van der Waals surface area contributed by atoms with Gasteiger partial charge >= 0.3 is 0 Å². The van der Waals surface area contributed by atoms with E-state index in [2.05, 4.69) is 20.6 Å². The summed E-state index contributed by atoms with van der Waals surface area (Å²) < 4.78 is 1.49. The van der Waals surface area contributed by atoms with Gasteiger partial charge in [0.2, 0.25) is 5.91 Å². The van der Waals surface area contributed by atoms with Gasteiger partial charge in [-0.05, 0) is 25.8 Å². The second-order valence-electron chi connectivity index (χ2n) is 8.04. The number of nitrogens with one attached hydrogen (secondary N) is 2. The summed E-state index contributed by atoms with van der Waals surface area (Å²) in [5, 5.41) is 23.2. The highest BCUT2D eigenvalue weighted by Crippen LogP contribution is 2.34. The number of ketones is 1. The minimum atomic E-state index is -0.429. The monoisotopic (exact) mass is 416 g/mol. The van der Waals surface area contributed by atoms with Crippen molar-refractivity contribution >= 4 is 17.4 Å². The molecule has 1 fully saturated rings. The third kappa shape index (κ3) is 4.26. The van der Waals surface area contributed by atoms with Crippen molar-refractivity contribution in [1.82, 2.24) is 20.0 Å². The highest BCUT2D eigenvalue weighted by atomic mass is 16.2. The highest BCUT2D eigenvalue weighted by molar-refractivity contribution is 6.03. The Hall–Kier alpha value is -3.73. The second kappa shape index (κ2) is 8.56. The number of H-pyrrole nitrogens is 1. The minimum absolute atomic E-state index is 0.0173. The van der Waals surface area contributed by atoms with Gasteiger partial charge in [0.15, 0.2) is 11.5 Å². The molecule has 3 aromatic rings. The maximum atomic E-state index is 13.3. The smallest absolute Gasteiger partial charge is 0.228 e. The molecule has 0 aliphatic heterocycles. The van der Waals surface area contributed by atoms with Crippen LogP contribution in [0.1, 0.15) is 47.4 Å². The molecule has 2 heterocycles. The van der Waals surface area contributed by atoms with Crippen LogP contribution in [-0.4, -0.2) is 31.7 Å². The van der Waals surface area contributed by atoms with Crippen molar-refractivity contribution in [3.63, 3.8) is 0 Å². The van der Waals surface area contributed by atoms with Crippen molar-refractivity contribution in [3.8, 4) is 17.3 Å². The second-order valence-corrected chi connectivity index (χ2v) is 8.04. The Labute approximate surface area is 180 Å². The summed E-state index contributed by atoms with van der Waals surface area (Å²) in [6.07, 6.45) is 4.74. The van der Waals surface area contributed by atoms with Gasteiger partial charge in [-0.25, -0.2) is 0 Å². The average molecular weight is 416 g/mol. The van der Waals surface area contributed by atoms with Crippen molar-refractivity contribution in [3.05, 3.63) is 53.5 Å². The Balaban J connectivity index is 1.52. The van der Waals surface area contributed by atoms with Gasteiger partial charge < -0.3 is 5.32 Å². The van der Waals surface area contributed by atoms with Crippen LogP contribution in [0.5, 0.6) is 0 Å². The fourth-order valence-electron chi connectivity index (χ4n) is 4.23. The molecule has 158 valence electrons. The first-order chi connectivity index (χ1) is 15.0. The number of carbonyl (C=O) groups excluding carboxylic acids is 2. The van der Waals surface area contributed by atoms with Crippen molar-refractivity contribution < 1.29 is 9.59 Å². The largest absolute Gasteiger partial charge is 0.322 e. The van der Waals surface area contributed by atoms with Crippen LogP contribution in [0.15, 0.2) is 36.5 Å². The number of aryl methyl sites for hydroxylation is 2. The quantitative estimate of drug-likeness (QED) is 0.616. The zero-order valence-corrected chi connectivity index (χ0v) is 17.6. The number of amides is 1. The number of hydrogen-bond donors (Lipinski definition) is 2.